The Morgan fingerprint density at radius 1 is 0.909 bits per heavy atom. The van der Waals surface area contributed by atoms with E-state index < -0.39 is 0 Å². The molecule has 0 atom stereocenters. The van der Waals surface area contributed by atoms with Gasteiger partial charge in [-0.15, -0.1) is 0 Å². The molecule has 2 amide bonds. The van der Waals surface area contributed by atoms with Crippen molar-refractivity contribution in [3.63, 3.8) is 0 Å². The maximum Gasteiger partial charge on any atom is 0.315 e. The third-order valence-corrected chi connectivity index (χ3v) is 3.37. The Bertz CT molecular complexity index is 557. The number of hydrogen-bond acceptors (Lipinski definition) is 2. The van der Waals surface area contributed by atoms with Crippen molar-refractivity contribution in [2.24, 2.45) is 0 Å². The highest BCUT2D eigenvalue weighted by Crippen LogP contribution is 2.01. The summed E-state index contributed by atoms with van der Waals surface area (Å²) in [6.07, 6.45) is 0. The lowest BCUT2D eigenvalue weighted by Gasteiger charge is -2.17. The molecule has 0 saturated heterocycles. The van der Waals surface area contributed by atoms with Gasteiger partial charge in [-0.05, 0) is 18.2 Å². The van der Waals surface area contributed by atoms with Gasteiger partial charge in [0.1, 0.15) is 0 Å². The molecule has 0 aliphatic carbocycles. The van der Waals surface area contributed by atoms with Crippen molar-refractivity contribution in [2.75, 3.05) is 20.1 Å². The first-order valence-corrected chi connectivity index (χ1v) is 7.52. The Kier molecular flexibility index (Phi) is 6.45. The van der Waals surface area contributed by atoms with Gasteiger partial charge in [-0.2, -0.15) is 0 Å². The zero-order valence-electron chi connectivity index (χ0n) is 13.0. The van der Waals surface area contributed by atoms with Crippen LogP contribution in [0.4, 0.5) is 4.79 Å². The third kappa shape index (κ3) is 5.97. The van der Waals surface area contributed by atoms with Crippen LogP contribution in [0.1, 0.15) is 11.1 Å². The molecule has 0 heterocycles. The first-order valence-electron chi connectivity index (χ1n) is 7.52. The number of rotatable bonds is 7. The van der Waals surface area contributed by atoms with Gasteiger partial charge in [0.05, 0.1) is 0 Å². The second kappa shape index (κ2) is 8.85. The fourth-order valence-electron chi connectivity index (χ4n) is 2.18. The minimum atomic E-state index is -0.128. The first-order chi connectivity index (χ1) is 10.7. The van der Waals surface area contributed by atoms with Crippen molar-refractivity contribution in [3.05, 3.63) is 71.8 Å². The fraction of sp³-hybridized carbons (Fsp3) is 0.278. The Morgan fingerprint density at radius 2 is 1.50 bits per heavy atom. The monoisotopic (exact) mass is 297 g/mol. The summed E-state index contributed by atoms with van der Waals surface area (Å²) in [5.74, 6) is 0. The zero-order valence-corrected chi connectivity index (χ0v) is 13.0. The summed E-state index contributed by atoms with van der Waals surface area (Å²) in [4.78, 5) is 13.9. The Morgan fingerprint density at radius 3 is 2.14 bits per heavy atom. The highest BCUT2D eigenvalue weighted by atomic mass is 16.2. The summed E-state index contributed by atoms with van der Waals surface area (Å²) < 4.78 is 0. The molecular formula is C18H23N3O. The Balaban J connectivity index is 1.60. The number of carbonyl (C=O) groups excluding carboxylic acids is 1. The SMILES string of the molecule is CN(CCNC(=O)NCc1ccccc1)Cc1ccccc1. The van der Waals surface area contributed by atoms with Crippen molar-refractivity contribution in [1.82, 2.24) is 15.5 Å². The molecule has 0 bridgehead atoms. The molecule has 0 aliphatic heterocycles. The van der Waals surface area contributed by atoms with Crippen LogP contribution in [-0.4, -0.2) is 31.1 Å². The van der Waals surface area contributed by atoms with Gasteiger partial charge in [0.25, 0.3) is 0 Å². The molecule has 116 valence electrons. The van der Waals surface area contributed by atoms with Gasteiger partial charge in [-0.25, -0.2) is 4.79 Å². The van der Waals surface area contributed by atoms with E-state index in [-0.39, 0.29) is 6.03 Å². The Labute approximate surface area is 132 Å². The van der Waals surface area contributed by atoms with Crippen LogP contribution in [-0.2, 0) is 13.1 Å². The molecule has 0 fully saturated rings. The highest BCUT2D eigenvalue weighted by Gasteiger charge is 2.02. The van der Waals surface area contributed by atoms with E-state index in [2.05, 4.69) is 34.7 Å². The van der Waals surface area contributed by atoms with Gasteiger partial charge in [0.2, 0.25) is 0 Å². The van der Waals surface area contributed by atoms with Gasteiger partial charge in [-0.3, -0.25) is 0 Å². The second-order valence-electron chi connectivity index (χ2n) is 5.32. The summed E-state index contributed by atoms with van der Waals surface area (Å²) in [5.41, 5.74) is 2.37. The van der Waals surface area contributed by atoms with Crippen LogP contribution in [0.15, 0.2) is 60.7 Å². The first kappa shape index (κ1) is 16.0. The normalized spacial score (nSPS) is 10.5. The Hall–Kier alpha value is -2.33. The van der Waals surface area contributed by atoms with Crippen molar-refractivity contribution in [2.45, 2.75) is 13.1 Å². The minimum absolute atomic E-state index is 0.128. The molecule has 2 aromatic carbocycles. The van der Waals surface area contributed by atoms with E-state index in [0.717, 1.165) is 18.7 Å². The van der Waals surface area contributed by atoms with E-state index in [0.29, 0.717) is 13.1 Å². The number of hydrogen-bond donors (Lipinski definition) is 2. The van der Waals surface area contributed by atoms with Crippen LogP contribution in [0.5, 0.6) is 0 Å². The molecule has 4 nitrogen and oxygen atoms in total. The molecule has 0 radical (unpaired) electrons. The maximum absolute atomic E-state index is 11.7. The van der Waals surface area contributed by atoms with Crippen LogP contribution in [0, 0.1) is 0 Å². The van der Waals surface area contributed by atoms with Gasteiger partial charge in [-0.1, -0.05) is 60.7 Å². The van der Waals surface area contributed by atoms with Gasteiger partial charge in [0, 0.05) is 26.2 Å². The summed E-state index contributed by atoms with van der Waals surface area (Å²) in [5, 5.41) is 5.73. The van der Waals surface area contributed by atoms with Crippen molar-refractivity contribution < 1.29 is 4.79 Å². The van der Waals surface area contributed by atoms with E-state index >= 15 is 0 Å². The number of nitrogens with zero attached hydrogens (tertiary/aromatic N) is 1. The molecule has 0 aliphatic rings. The average Bonchev–Trinajstić information content (AvgIpc) is 2.55. The van der Waals surface area contributed by atoms with Gasteiger partial charge in [0.15, 0.2) is 0 Å². The lowest BCUT2D eigenvalue weighted by molar-refractivity contribution is 0.237. The maximum atomic E-state index is 11.7. The second-order valence-corrected chi connectivity index (χ2v) is 5.32. The van der Waals surface area contributed by atoms with Crippen LogP contribution in [0.25, 0.3) is 0 Å². The van der Waals surface area contributed by atoms with E-state index in [1.165, 1.54) is 5.56 Å². The molecule has 0 spiro atoms. The average molecular weight is 297 g/mol. The molecule has 2 aromatic rings. The minimum Gasteiger partial charge on any atom is -0.337 e. The van der Waals surface area contributed by atoms with Crippen LogP contribution in [0.2, 0.25) is 0 Å². The number of amides is 2. The van der Waals surface area contributed by atoms with E-state index in [1.807, 2.05) is 48.5 Å². The standard InChI is InChI=1S/C18H23N3O/c1-21(15-17-10-6-3-7-11-17)13-12-19-18(22)20-14-16-8-4-2-5-9-16/h2-11H,12-15H2,1H3,(H2,19,20,22). The molecule has 22 heavy (non-hydrogen) atoms. The molecule has 2 rings (SSSR count). The smallest absolute Gasteiger partial charge is 0.315 e. The summed E-state index contributed by atoms with van der Waals surface area (Å²) >= 11 is 0. The predicted octanol–water partition coefficient (Wildman–Crippen LogP) is 2.62. The molecule has 0 aromatic heterocycles. The summed E-state index contributed by atoms with van der Waals surface area (Å²) in [7, 11) is 2.05. The molecule has 4 heteroatoms. The molecule has 0 unspecified atom stereocenters. The number of nitrogens with one attached hydrogen (secondary N) is 2. The van der Waals surface area contributed by atoms with Crippen molar-refractivity contribution >= 4 is 6.03 Å². The highest BCUT2D eigenvalue weighted by molar-refractivity contribution is 5.73. The van der Waals surface area contributed by atoms with Gasteiger partial charge < -0.3 is 15.5 Å². The number of benzene rings is 2. The van der Waals surface area contributed by atoms with E-state index in [4.69, 9.17) is 0 Å². The predicted molar refractivity (Wildman–Crippen MR) is 89.5 cm³/mol. The largest absolute Gasteiger partial charge is 0.337 e. The van der Waals surface area contributed by atoms with Crippen molar-refractivity contribution in [3.8, 4) is 0 Å². The van der Waals surface area contributed by atoms with Crippen LogP contribution < -0.4 is 10.6 Å². The quantitative estimate of drug-likeness (QED) is 0.825. The van der Waals surface area contributed by atoms with E-state index in [9.17, 15) is 4.79 Å². The lowest BCUT2D eigenvalue weighted by atomic mass is 10.2. The number of urea groups is 1. The fourth-order valence-corrected chi connectivity index (χ4v) is 2.18. The van der Waals surface area contributed by atoms with Crippen LogP contribution >= 0.6 is 0 Å². The number of carbonyl (C=O) groups is 1. The molecule has 2 N–H and O–H groups in total. The molecule has 0 saturated carbocycles. The zero-order chi connectivity index (χ0) is 15.6. The number of likely N-dealkylation sites (N-methyl/N-ethyl adjacent to an activating group) is 1. The van der Waals surface area contributed by atoms with Gasteiger partial charge >= 0.3 is 6.03 Å². The van der Waals surface area contributed by atoms with Crippen LogP contribution in [0.3, 0.4) is 0 Å². The molecular weight excluding hydrogens is 274 g/mol. The summed E-state index contributed by atoms with van der Waals surface area (Å²) in [6.45, 7) is 2.87. The third-order valence-electron chi connectivity index (χ3n) is 3.37. The van der Waals surface area contributed by atoms with Crippen molar-refractivity contribution in [1.29, 1.82) is 0 Å². The topological polar surface area (TPSA) is 44.4 Å². The lowest BCUT2D eigenvalue weighted by Crippen LogP contribution is -2.39. The van der Waals surface area contributed by atoms with E-state index in [1.54, 1.807) is 0 Å². The summed E-state index contributed by atoms with van der Waals surface area (Å²) in [6, 6.07) is 20.1.